The van der Waals surface area contributed by atoms with Gasteiger partial charge in [-0.05, 0) is 25.3 Å². The molecule has 0 fully saturated rings. The van der Waals surface area contributed by atoms with Gasteiger partial charge in [-0.3, -0.25) is 9.59 Å². The molecule has 6 nitrogen and oxygen atoms in total. The first-order chi connectivity index (χ1) is 13.6. The Morgan fingerprint density at radius 2 is 1.57 bits per heavy atom. The number of ketones is 1. The Morgan fingerprint density at radius 1 is 0.964 bits per heavy atom. The van der Waals surface area contributed by atoms with Crippen molar-refractivity contribution in [3.63, 3.8) is 0 Å². The van der Waals surface area contributed by atoms with Crippen LogP contribution in [0.1, 0.15) is 26.4 Å². The molecule has 0 aliphatic rings. The quantitative estimate of drug-likeness (QED) is 0.286. The summed E-state index contributed by atoms with van der Waals surface area (Å²) in [7, 11) is 0. The second-order valence-corrected chi connectivity index (χ2v) is 6.68. The molecule has 2 aromatic carbocycles. The van der Waals surface area contributed by atoms with Crippen LogP contribution >= 0.6 is 11.8 Å². The van der Waals surface area contributed by atoms with E-state index in [0.717, 1.165) is 0 Å². The third-order valence-electron chi connectivity index (χ3n) is 3.83. The molecular formula is C21H19N3O3S. The topological polar surface area (TPSA) is 81.2 Å². The number of aromatic nitrogens is 2. The first kappa shape index (κ1) is 19.6. The fraction of sp³-hybridized carbons (Fsp3) is 0.143. The molecule has 7 heteroatoms. The highest BCUT2D eigenvalue weighted by molar-refractivity contribution is 7.98. The smallest absolute Gasteiger partial charge is 0.254 e. The van der Waals surface area contributed by atoms with Crippen molar-refractivity contribution in [2.75, 3.05) is 6.26 Å². The molecule has 0 aliphatic carbocycles. The summed E-state index contributed by atoms with van der Waals surface area (Å²) in [5.41, 5.74) is 1.56. The van der Waals surface area contributed by atoms with Gasteiger partial charge in [-0.2, -0.15) is 4.98 Å². The minimum absolute atomic E-state index is 0.222. The molecule has 142 valence electrons. The van der Waals surface area contributed by atoms with E-state index in [9.17, 15) is 9.59 Å². The number of amides is 1. The lowest BCUT2D eigenvalue weighted by molar-refractivity contribution is 0.0648. The largest absolute Gasteiger partial charge is 0.446 e. The van der Waals surface area contributed by atoms with Crippen molar-refractivity contribution in [3.8, 4) is 5.88 Å². The fourth-order valence-electron chi connectivity index (χ4n) is 2.48. The highest BCUT2D eigenvalue weighted by Gasteiger charge is 2.25. The first-order valence-electron chi connectivity index (χ1n) is 8.58. The normalized spacial score (nSPS) is 11.5. The van der Waals surface area contributed by atoms with E-state index in [1.165, 1.54) is 11.8 Å². The van der Waals surface area contributed by atoms with E-state index in [2.05, 4.69) is 15.3 Å². The molecule has 3 rings (SSSR count). The minimum atomic E-state index is -1.22. The zero-order valence-corrected chi connectivity index (χ0v) is 16.3. The molecule has 0 bridgehead atoms. The van der Waals surface area contributed by atoms with E-state index < -0.39 is 12.1 Å². The molecule has 0 aliphatic heterocycles. The van der Waals surface area contributed by atoms with Gasteiger partial charge < -0.3 is 10.1 Å². The molecule has 1 amide bonds. The summed E-state index contributed by atoms with van der Waals surface area (Å²) in [5, 5.41) is 3.18. The Balaban J connectivity index is 1.89. The number of hydrogen-bond donors (Lipinski definition) is 1. The van der Waals surface area contributed by atoms with E-state index in [-0.39, 0.29) is 11.7 Å². The zero-order valence-electron chi connectivity index (χ0n) is 15.5. The van der Waals surface area contributed by atoms with Gasteiger partial charge in [0.2, 0.25) is 17.9 Å². The van der Waals surface area contributed by atoms with Gasteiger partial charge in [0, 0.05) is 22.9 Å². The fourth-order valence-corrected chi connectivity index (χ4v) is 2.90. The number of Topliss-reactive ketones (excluding diaryl/α,β-unsaturated/α-hetero) is 1. The zero-order chi connectivity index (χ0) is 19.9. The number of aryl methyl sites for hydroxylation is 1. The van der Waals surface area contributed by atoms with Gasteiger partial charge in [0.25, 0.3) is 5.91 Å². The highest BCUT2D eigenvalue weighted by Crippen LogP contribution is 2.17. The van der Waals surface area contributed by atoms with Crippen LogP contribution in [0.25, 0.3) is 0 Å². The SMILES string of the molecule is CSc1nc(C)cc(O[C@@H](NC(=O)c2ccccc2)C(=O)c2ccccc2)n1. The van der Waals surface area contributed by atoms with E-state index in [4.69, 9.17) is 4.74 Å². The lowest BCUT2D eigenvalue weighted by atomic mass is 10.1. The third kappa shape index (κ3) is 4.95. The average molecular weight is 393 g/mol. The van der Waals surface area contributed by atoms with Crippen LogP contribution in [0.5, 0.6) is 5.88 Å². The predicted octanol–water partition coefficient (Wildman–Crippen LogP) is 3.52. The second kappa shape index (κ2) is 9.14. The monoisotopic (exact) mass is 393 g/mol. The molecule has 0 unspecified atom stereocenters. The van der Waals surface area contributed by atoms with E-state index in [1.54, 1.807) is 54.6 Å². The molecular weight excluding hydrogens is 374 g/mol. The molecule has 1 heterocycles. The summed E-state index contributed by atoms with van der Waals surface area (Å²) in [6.45, 7) is 1.81. The first-order valence-corrected chi connectivity index (χ1v) is 9.81. The Bertz CT molecular complexity index is 965. The standard InChI is InChI=1S/C21H19N3O3S/c1-14-13-17(23-21(22-14)28-2)27-20(18(25)15-9-5-3-6-10-15)24-19(26)16-11-7-4-8-12-16/h3-13,20H,1-2H3,(H,24,26)/t20-/m1/s1. The number of benzene rings is 2. The van der Waals surface area contributed by atoms with Crippen molar-refractivity contribution in [2.45, 2.75) is 18.3 Å². The summed E-state index contributed by atoms with van der Waals surface area (Å²) in [6, 6.07) is 18.9. The number of nitrogens with one attached hydrogen (secondary N) is 1. The summed E-state index contributed by atoms with van der Waals surface area (Å²) < 4.78 is 5.80. The maximum atomic E-state index is 13.0. The van der Waals surface area contributed by atoms with Crippen LogP contribution in [0.15, 0.2) is 71.9 Å². The number of carbonyl (C=O) groups excluding carboxylic acids is 2. The van der Waals surface area contributed by atoms with E-state index >= 15 is 0 Å². The van der Waals surface area contributed by atoms with Gasteiger partial charge >= 0.3 is 0 Å². The Labute approximate surface area is 167 Å². The lowest BCUT2D eigenvalue weighted by Gasteiger charge is -2.19. The molecule has 3 aromatic rings. The number of hydrogen-bond acceptors (Lipinski definition) is 6. The number of rotatable bonds is 7. The maximum Gasteiger partial charge on any atom is 0.254 e. The van der Waals surface area contributed by atoms with Crippen LogP contribution in [0.3, 0.4) is 0 Å². The van der Waals surface area contributed by atoms with Gasteiger partial charge in [0.1, 0.15) is 0 Å². The van der Waals surface area contributed by atoms with Crippen LogP contribution < -0.4 is 10.1 Å². The molecule has 0 radical (unpaired) electrons. The Kier molecular flexibility index (Phi) is 6.39. The Hall–Kier alpha value is -3.19. The summed E-state index contributed by atoms with van der Waals surface area (Å²) in [6.07, 6.45) is 0.626. The van der Waals surface area contributed by atoms with Crippen molar-refractivity contribution in [2.24, 2.45) is 0 Å². The number of thioether (sulfide) groups is 1. The van der Waals surface area contributed by atoms with Crippen LogP contribution in [-0.2, 0) is 0 Å². The number of carbonyl (C=O) groups is 2. The molecule has 28 heavy (non-hydrogen) atoms. The maximum absolute atomic E-state index is 13.0. The molecule has 1 aromatic heterocycles. The number of nitrogens with zero attached hydrogens (tertiary/aromatic N) is 2. The van der Waals surface area contributed by atoms with Crippen LogP contribution in [0.4, 0.5) is 0 Å². The van der Waals surface area contributed by atoms with Crippen LogP contribution in [0, 0.1) is 6.92 Å². The van der Waals surface area contributed by atoms with Crippen molar-refractivity contribution in [1.29, 1.82) is 0 Å². The van der Waals surface area contributed by atoms with Gasteiger partial charge in [-0.15, -0.1) is 0 Å². The van der Waals surface area contributed by atoms with E-state index in [0.29, 0.717) is 22.0 Å². The van der Waals surface area contributed by atoms with Crippen LogP contribution in [-0.4, -0.2) is 34.1 Å². The van der Waals surface area contributed by atoms with Gasteiger partial charge in [0.05, 0.1) is 0 Å². The minimum Gasteiger partial charge on any atom is -0.446 e. The average Bonchev–Trinajstić information content (AvgIpc) is 2.73. The number of ether oxygens (including phenoxy) is 1. The second-order valence-electron chi connectivity index (χ2n) is 5.90. The molecule has 1 N–H and O–H groups in total. The summed E-state index contributed by atoms with van der Waals surface area (Å²) in [5.74, 6) is -0.558. The molecule has 0 saturated carbocycles. The van der Waals surface area contributed by atoms with Gasteiger partial charge in [-0.1, -0.05) is 60.3 Å². The molecule has 0 saturated heterocycles. The van der Waals surface area contributed by atoms with Crippen molar-refractivity contribution in [3.05, 3.63) is 83.6 Å². The highest BCUT2D eigenvalue weighted by atomic mass is 32.2. The van der Waals surface area contributed by atoms with Crippen molar-refractivity contribution >= 4 is 23.5 Å². The predicted molar refractivity (Wildman–Crippen MR) is 108 cm³/mol. The molecule has 1 atom stereocenters. The lowest BCUT2D eigenvalue weighted by Crippen LogP contribution is -2.45. The van der Waals surface area contributed by atoms with E-state index in [1.807, 2.05) is 25.3 Å². The van der Waals surface area contributed by atoms with Crippen molar-refractivity contribution < 1.29 is 14.3 Å². The third-order valence-corrected chi connectivity index (χ3v) is 4.37. The Morgan fingerprint density at radius 3 is 2.18 bits per heavy atom. The van der Waals surface area contributed by atoms with Crippen molar-refractivity contribution in [1.82, 2.24) is 15.3 Å². The van der Waals surface area contributed by atoms with Crippen LogP contribution in [0.2, 0.25) is 0 Å². The van der Waals surface area contributed by atoms with Gasteiger partial charge in [0.15, 0.2) is 5.16 Å². The summed E-state index contributed by atoms with van der Waals surface area (Å²) >= 11 is 1.37. The molecule has 0 spiro atoms. The summed E-state index contributed by atoms with van der Waals surface area (Å²) in [4.78, 5) is 34.1. The van der Waals surface area contributed by atoms with Gasteiger partial charge in [-0.25, -0.2) is 4.98 Å².